The number of aromatic nitrogens is 3. The lowest BCUT2D eigenvalue weighted by atomic mass is 9.87. The van der Waals surface area contributed by atoms with Gasteiger partial charge in [-0.1, -0.05) is 76.7 Å². The summed E-state index contributed by atoms with van der Waals surface area (Å²) in [5.41, 5.74) is 6.00. The van der Waals surface area contributed by atoms with E-state index in [4.69, 9.17) is 4.42 Å². The highest BCUT2D eigenvalue weighted by molar-refractivity contribution is 7.98. The van der Waals surface area contributed by atoms with E-state index in [2.05, 4.69) is 93.2 Å². The van der Waals surface area contributed by atoms with Crippen molar-refractivity contribution in [3.05, 3.63) is 87.8 Å². The molecule has 0 saturated carbocycles. The maximum Gasteiger partial charge on any atom is 0.336 e. The minimum Gasteiger partial charge on any atom is -0.423 e. The Kier molecular flexibility index (Phi) is 7.04. The Morgan fingerprint density at radius 1 is 1.11 bits per heavy atom. The first-order chi connectivity index (χ1) is 16.6. The van der Waals surface area contributed by atoms with E-state index in [0.29, 0.717) is 23.8 Å². The van der Waals surface area contributed by atoms with Crippen molar-refractivity contribution < 1.29 is 4.42 Å². The van der Waals surface area contributed by atoms with Crippen LogP contribution >= 0.6 is 11.8 Å². The molecule has 0 spiro atoms. The zero-order valence-corrected chi connectivity index (χ0v) is 22.2. The largest absolute Gasteiger partial charge is 0.423 e. The van der Waals surface area contributed by atoms with E-state index in [9.17, 15) is 4.79 Å². The molecule has 0 unspecified atom stereocenters. The maximum absolute atomic E-state index is 12.3. The third kappa shape index (κ3) is 5.27. The smallest absolute Gasteiger partial charge is 0.336 e. The van der Waals surface area contributed by atoms with Crippen LogP contribution in [0.4, 0.5) is 0 Å². The second-order valence-electron chi connectivity index (χ2n) is 10.3. The second kappa shape index (κ2) is 9.86. The Labute approximate surface area is 211 Å². The maximum atomic E-state index is 12.3. The van der Waals surface area contributed by atoms with E-state index in [1.807, 2.05) is 12.1 Å². The zero-order chi connectivity index (χ0) is 25.3. The average molecular weight is 488 g/mol. The van der Waals surface area contributed by atoms with Crippen molar-refractivity contribution in [3.63, 3.8) is 0 Å². The van der Waals surface area contributed by atoms with Gasteiger partial charge in [0.15, 0.2) is 11.0 Å². The minimum absolute atomic E-state index is 0.0907. The first-order valence-electron chi connectivity index (χ1n) is 11.9. The van der Waals surface area contributed by atoms with Gasteiger partial charge in [-0.2, -0.15) is 0 Å². The minimum atomic E-state index is -0.336. The lowest BCUT2D eigenvalue weighted by Crippen LogP contribution is -2.10. The molecule has 2 heterocycles. The van der Waals surface area contributed by atoms with Crippen LogP contribution in [0.5, 0.6) is 0 Å². The van der Waals surface area contributed by atoms with Crippen molar-refractivity contribution in [2.75, 3.05) is 0 Å². The summed E-state index contributed by atoms with van der Waals surface area (Å²) in [7, 11) is 0. The van der Waals surface area contributed by atoms with Gasteiger partial charge in [0.2, 0.25) is 0 Å². The van der Waals surface area contributed by atoms with E-state index in [-0.39, 0.29) is 11.0 Å². The number of allylic oxidation sites excluding steroid dienone is 1. The number of rotatable bonds is 7. The summed E-state index contributed by atoms with van der Waals surface area (Å²) in [6.45, 7) is 17.5. The summed E-state index contributed by atoms with van der Waals surface area (Å²) in [5.74, 6) is 1.78. The summed E-state index contributed by atoms with van der Waals surface area (Å²) < 4.78 is 7.59. The van der Waals surface area contributed by atoms with Gasteiger partial charge < -0.3 is 4.42 Å². The van der Waals surface area contributed by atoms with Crippen LogP contribution in [0.1, 0.15) is 62.8 Å². The Hall–Kier alpha value is -3.12. The molecule has 0 radical (unpaired) electrons. The van der Waals surface area contributed by atoms with Crippen LogP contribution in [0.3, 0.4) is 0 Å². The average Bonchev–Trinajstić information content (AvgIpc) is 3.19. The molecule has 5 nitrogen and oxygen atoms in total. The number of benzene rings is 2. The molecule has 0 amide bonds. The van der Waals surface area contributed by atoms with E-state index >= 15 is 0 Å². The van der Waals surface area contributed by atoms with Gasteiger partial charge in [-0.3, -0.25) is 4.57 Å². The van der Waals surface area contributed by atoms with Crippen molar-refractivity contribution in [2.45, 2.75) is 70.3 Å². The Morgan fingerprint density at radius 3 is 2.46 bits per heavy atom. The molecule has 0 saturated heterocycles. The molecule has 0 atom stereocenters. The van der Waals surface area contributed by atoms with Gasteiger partial charge in [0.1, 0.15) is 5.58 Å². The van der Waals surface area contributed by atoms with Crippen molar-refractivity contribution in [1.29, 1.82) is 0 Å². The fourth-order valence-electron chi connectivity index (χ4n) is 4.30. The quantitative estimate of drug-likeness (QED) is 0.156. The molecule has 4 rings (SSSR count). The summed E-state index contributed by atoms with van der Waals surface area (Å²) in [4.78, 5) is 12.3. The summed E-state index contributed by atoms with van der Waals surface area (Å²) in [6, 6.07) is 14.2. The molecule has 35 heavy (non-hydrogen) atoms. The molecule has 2 aromatic heterocycles. The fourth-order valence-corrected chi connectivity index (χ4v) is 5.24. The molecule has 0 fully saturated rings. The number of hydrogen-bond donors (Lipinski definition) is 0. The van der Waals surface area contributed by atoms with E-state index in [0.717, 1.165) is 33.1 Å². The molecule has 0 bridgehead atoms. The second-order valence-corrected chi connectivity index (χ2v) is 11.2. The third-order valence-electron chi connectivity index (χ3n) is 6.23. The fraction of sp³-hybridized carbons (Fsp3) is 0.345. The van der Waals surface area contributed by atoms with Gasteiger partial charge in [0.25, 0.3) is 0 Å². The van der Waals surface area contributed by atoms with Gasteiger partial charge in [-0.05, 0) is 52.6 Å². The first-order valence-corrected chi connectivity index (χ1v) is 12.9. The predicted octanol–water partition coefficient (Wildman–Crippen LogP) is 7.26. The Balaban J connectivity index is 1.68. The molecule has 0 aliphatic rings. The SMILES string of the molecule is C=CCn1c(SCc2cc(=O)oc3cc(C)c(C(C)C)cc23)nnc1-c1ccc(C(C)(C)C)cc1. The van der Waals surface area contributed by atoms with Gasteiger partial charge in [-0.15, -0.1) is 16.8 Å². The summed E-state index contributed by atoms with van der Waals surface area (Å²) in [5, 5.41) is 10.7. The molecular formula is C29H33N3O2S. The van der Waals surface area contributed by atoms with Gasteiger partial charge in [0, 0.05) is 29.3 Å². The molecule has 0 aliphatic heterocycles. The van der Waals surface area contributed by atoms with Crippen LogP contribution in [0, 0.1) is 6.92 Å². The van der Waals surface area contributed by atoms with Crippen molar-refractivity contribution in [1.82, 2.24) is 14.8 Å². The standard InChI is InChI=1S/C29H33N3O2S/c1-8-13-32-27(20-9-11-22(12-10-20)29(5,6)7)30-31-28(32)35-17-21-15-26(33)34-25-14-19(4)23(18(2)3)16-24(21)25/h8-12,14-16,18H,1,13,17H2,2-7H3. The topological polar surface area (TPSA) is 60.9 Å². The number of aryl methyl sites for hydroxylation is 1. The van der Waals surface area contributed by atoms with Crippen LogP contribution in [-0.2, 0) is 17.7 Å². The van der Waals surface area contributed by atoms with Gasteiger partial charge in [-0.25, -0.2) is 4.79 Å². The lowest BCUT2D eigenvalue weighted by Gasteiger charge is -2.19. The van der Waals surface area contributed by atoms with Crippen molar-refractivity contribution >= 4 is 22.7 Å². The molecule has 6 heteroatoms. The van der Waals surface area contributed by atoms with Crippen LogP contribution in [0.2, 0.25) is 0 Å². The predicted molar refractivity (Wildman–Crippen MR) is 145 cm³/mol. The highest BCUT2D eigenvalue weighted by atomic mass is 32.2. The van der Waals surface area contributed by atoms with Gasteiger partial charge >= 0.3 is 5.63 Å². The van der Waals surface area contributed by atoms with E-state index < -0.39 is 0 Å². The normalized spacial score (nSPS) is 12.0. The van der Waals surface area contributed by atoms with Gasteiger partial charge in [0.05, 0.1) is 0 Å². The number of fused-ring (bicyclic) bond motifs is 1. The third-order valence-corrected chi connectivity index (χ3v) is 7.25. The molecule has 0 N–H and O–H groups in total. The molecule has 4 aromatic rings. The van der Waals surface area contributed by atoms with Crippen LogP contribution in [0.15, 0.2) is 69.5 Å². The van der Waals surface area contributed by atoms with E-state index in [1.165, 1.54) is 11.1 Å². The monoisotopic (exact) mass is 487 g/mol. The molecule has 2 aromatic carbocycles. The van der Waals surface area contributed by atoms with Crippen LogP contribution < -0.4 is 5.63 Å². The van der Waals surface area contributed by atoms with Crippen molar-refractivity contribution in [2.24, 2.45) is 0 Å². The lowest BCUT2D eigenvalue weighted by molar-refractivity contribution is 0.559. The molecular weight excluding hydrogens is 454 g/mol. The summed E-state index contributed by atoms with van der Waals surface area (Å²) >= 11 is 1.57. The summed E-state index contributed by atoms with van der Waals surface area (Å²) in [6.07, 6.45) is 1.85. The van der Waals surface area contributed by atoms with Crippen LogP contribution in [-0.4, -0.2) is 14.8 Å². The highest BCUT2D eigenvalue weighted by Crippen LogP contribution is 2.32. The van der Waals surface area contributed by atoms with Crippen LogP contribution in [0.25, 0.3) is 22.4 Å². The zero-order valence-electron chi connectivity index (χ0n) is 21.4. The Bertz CT molecular complexity index is 1420. The van der Waals surface area contributed by atoms with Crippen molar-refractivity contribution in [3.8, 4) is 11.4 Å². The first kappa shape index (κ1) is 25.0. The number of nitrogens with zero attached hydrogens (tertiary/aromatic N) is 3. The molecule has 182 valence electrons. The Morgan fingerprint density at radius 2 is 1.83 bits per heavy atom. The van der Waals surface area contributed by atoms with E-state index in [1.54, 1.807) is 17.8 Å². The molecule has 0 aliphatic carbocycles. The highest BCUT2D eigenvalue weighted by Gasteiger charge is 2.18. The number of hydrogen-bond acceptors (Lipinski definition) is 5. The number of thioether (sulfide) groups is 1.